The Morgan fingerprint density at radius 1 is 0.818 bits per heavy atom. The highest BCUT2D eigenvalue weighted by Crippen LogP contribution is 2.13. The van der Waals surface area contributed by atoms with Crippen molar-refractivity contribution in [3.8, 4) is 0 Å². The minimum absolute atomic E-state index is 0.376. The highest BCUT2D eigenvalue weighted by Gasteiger charge is 2.25. The molecule has 0 aliphatic heterocycles. The molecule has 0 rings (SSSR count). The summed E-state index contributed by atoms with van der Waals surface area (Å²) in [5, 5.41) is 43.0. The molecule has 0 aliphatic rings. The van der Waals surface area contributed by atoms with Gasteiger partial charge >= 0.3 is 0 Å². The molecule has 0 aromatic carbocycles. The Morgan fingerprint density at radius 2 is 1.27 bits per heavy atom. The van der Waals surface area contributed by atoms with Gasteiger partial charge in [-0.15, -0.1) is 0 Å². The van der Waals surface area contributed by atoms with E-state index in [9.17, 15) is 0 Å². The largest absolute Gasteiger partial charge is 0.396 e. The first kappa shape index (κ1) is 10.8. The second-order valence-corrected chi connectivity index (χ2v) is 2.39. The van der Waals surface area contributed by atoms with E-state index in [-0.39, 0.29) is 13.2 Å². The van der Waals surface area contributed by atoms with E-state index in [1.54, 1.807) is 0 Å². The second kappa shape index (κ2) is 5.45. The van der Waals surface area contributed by atoms with Crippen LogP contribution in [-0.2, 0) is 0 Å². The van der Waals surface area contributed by atoms with Crippen LogP contribution in [0.15, 0.2) is 0 Å². The quantitative estimate of drug-likeness (QED) is 0.291. The van der Waals surface area contributed by atoms with Gasteiger partial charge in [-0.25, -0.2) is 0 Å². The van der Waals surface area contributed by atoms with Gasteiger partial charge in [0.25, 0.3) is 0 Å². The van der Waals surface area contributed by atoms with Gasteiger partial charge < -0.3 is 25.5 Å². The van der Waals surface area contributed by atoms with E-state index in [1.807, 2.05) is 0 Å². The predicted molar refractivity (Wildman–Crippen MR) is 36.5 cm³/mol. The molecule has 0 aromatic rings. The summed E-state index contributed by atoms with van der Waals surface area (Å²) in [4.78, 5) is 0. The van der Waals surface area contributed by atoms with E-state index in [2.05, 4.69) is 0 Å². The monoisotopic (exact) mass is 166 g/mol. The van der Waals surface area contributed by atoms with Crippen LogP contribution < -0.4 is 0 Å². The van der Waals surface area contributed by atoms with Crippen LogP contribution in [0.25, 0.3) is 0 Å². The van der Waals surface area contributed by atoms with Crippen LogP contribution in [0.2, 0.25) is 0 Å². The fourth-order valence-electron chi connectivity index (χ4n) is 0.815. The third-order valence-electron chi connectivity index (χ3n) is 1.67. The molecule has 5 nitrogen and oxygen atoms in total. The molecule has 0 radical (unpaired) electrons. The van der Waals surface area contributed by atoms with Gasteiger partial charge in [0.15, 0.2) is 6.29 Å². The molecule has 0 aliphatic carbocycles. The zero-order valence-corrected chi connectivity index (χ0v) is 6.09. The van der Waals surface area contributed by atoms with Crippen molar-refractivity contribution in [2.24, 2.45) is 11.8 Å². The molecule has 68 valence electrons. The fourth-order valence-corrected chi connectivity index (χ4v) is 0.815. The van der Waals surface area contributed by atoms with Crippen molar-refractivity contribution >= 4 is 0 Å². The number of rotatable bonds is 5. The van der Waals surface area contributed by atoms with Crippen molar-refractivity contribution in [2.45, 2.75) is 6.29 Å². The van der Waals surface area contributed by atoms with E-state index >= 15 is 0 Å². The van der Waals surface area contributed by atoms with Crippen LogP contribution in [0.4, 0.5) is 0 Å². The molecule has 0 saturated carbocycles. The summed E-state index contributed by atoms with van der Waals surface area (Å²) in [5.41, 5.74) is 0. The Hall–Kier alpha value is -0.200. The molecule has 0 spiro atoms. The van der Waals surface area contributed by atoms with Crippen LogP contribution in [0, 0.1) is 11.8 Å². The Labute approximate surface area is 64.5 Å². The van der Waals surface area contributed by atoms with Gasteiger partial charge in [-0.1, -0.05) is 0 Å². The average molecular weight is 166 g/mol. The van der Waals surface area contributed by atoms with Gasteiger partial charge in [-0.3, -0.25) is 0 Å². The molecule has 0 heterocycles. The summed E-state index contributed by atoms with van der Waals surface area (Å²) < 4.78 is 0. The maximum atomic E-state index is 8.62. The van der Waals surface area contributed by atoms with Crippen molar-refractivity contribution in [1.82, 2.24) is 0 Å². The molecule has 0 amide bonds. The van der Waals surface area contributed by atoms with Gasteiger partial charge in [-0.2, -0.15) is 0 Å². The summed E-state index contributed by atoms with van der Waals surface area (Å²) in [6.07, 6.45) is -1.70. The minimum Gasteiger partial charge on any atom is -0.396 e. The molecule has 5 N–H and O–H groups in total. The molecule has 11 heavy (non-hydrogen) atoms. The smallest absolute Gasteiger partial charge is 0.156 e. The van der Waals surface area contributed by atoms with Crippen molar-refractivity contribution < 1.29 is 25.5 Å². The summed E-state index contributed by atoms with van der Waals surface area (Å²) in [6.45, 7) is -1.22. The highest BCUT2D eigenvalue weighted by atomic mass is 16.5. The first-order chi connectivity index (χ1) is 5.17. The Balaban J connectivity index is 3.98. The summed E-state index contributed by atoms with van der Waals surface area (Å²) >= 11 is 0. The van der Waals surface area contributed by atoms with Gasteiger partial charge in [0, 0.05) is 25.0 Å². The molecule has 0 fully saturated rings. The lowest BCUT2D eigenvalue weighted by atomic mass is 9.94. The molecule has 1 atom stereocenters. The van der Waals surface area contributed by atoms with Crippen molar-refractivity contribution in [2.75, 3.05) is 19.8 Å². The van der Waals surface area contributed by atoms with Crippen molar-refractivity contribution in [1.29, 1.82) is 0 Å². The lowest BCUT2D eigenvalue weighted by Gasteiger charge is -2.22. The molecule has 0 saturated heterocycles. The third-order valence-corrected chi connectivity index (χ3v) is 1.67. The van der Waals surface area contributed by atoms with Crippen molar-refractivity contribution in [3.05, 3.63) is 0 Å². The number of aliphatic hydroxyl groups excluding tert-OH is 4. The standard InChI is InChI=1S/C6H14O5/c7-1-4(2-8)5(3-9)6(10)11/h4-11H,1-3H2. The lowest BCUT2D eigenvalue weighted by molar-refractivity contribution is -0.125. The van der Waals surface area contributed by atoms with Crippen LogP contribution in [0.5, 0.6) is 0 Å². The molecule has 5 heteroatoms. The molecule has 1 unspecified atom stereocenters. The molecule has 0 bridgehead atoms. The highest BCUT2D eigenvalue weighted by molar-refractivity contribution is 4.69. The van der Waals surface area contributed by atoms with Gasteiger partial charge in [0.1, 0.15) is 0 Å². The molecular formula is C6H14O5. The predicted octanol–water partition coefficient (Wildman–Crippen LogP) is -2.49. The maximum Gasteiger partial charge on any atom is 0.156 e. The lowest BCUT2D eigenvalue weighted by Crippen LogP contribution is -2.34. The summed E-state index contributed by atoms with van der Waals surface area (Å²) in [5.74, 6) is -1.56. The third kappa shape index (κ3) is 3.13. The van der Waals surface area contributed by atoms with E-state index in [1.165, 1.54) is 0 Å². The van der Waals surface area contributed by atoms with E-state index in [0.29, 0.717) is 0 Å². The number of aliphatic hydroxyl groups is 5. The fraction of sp³-hybridized carbons (Fsp3) is 1.00. The first-order valence-electron chi connectivity index (χ1n) is 3.36. The normalized spacial score (nSPS) is 14.5. The van der Waals surface area contributed by atoms with Gasteiger partial charge in [-0.05, 0) is 0 Å². The van der Waals surface area contributed by atoms with E-state index < -0.39 is 24.7 Å². The Morgan fingerprint density at radius 3 is 1.36 bits per heavy atom. The SMILES string of the molecule is OCC(CO)C(CO)C(O)O. The first-order valence-corrected chi connectivity index (χ1v) is 3.36. The zero-order chi connectivity index (χ0) is 8.85. The second-order valence-electron chi connectivity index (χ2n) is 2.39. The number of hydrogen-bond acceptors (Lipinski definition) is 5. The Kier molecular flexibility index (Phi) is 5.35. The van der Waals surface area contributed by atoms with Crippen LogP contribution in [-0.4, -0.2) is 51.6 Å². The average Bonchev–Trinajstić information content (AvgIpc) is 1.99. The Bertz CT molecular complexity index is 91.0. The van der Waals surface area contributed by atoms with E-state index in [0.717, 1.165) is 0 Å². The van der Waals surface area contributed by atoms with Gasteiger partial charge in [0.05, 0.1) is 6.61 Å². The zero-order valence-electron chi connectivity index (χ0n) is 6.09. The summed E-state index contributed by atoms with van der Waals surface area (Å²) in [7, 11) is 0. The van der Waals surface area contributed by atoms with Crippen LogP contribution in [0.1, 0.15) is 0 Å². The maximum absolute atomic E-state index is 8.62. The van der Waals surface area contributed by atoms with E-state index in [4.69, 9.17) is 25.5 Å². The molecule has 0 aromatic heterocycles. The van der Waals surface area contributed by atoms with Gasteiger partial charge in [0.2, 0.25) is 0 Å². The summed E-state index contributed by atoms with van der Waals surface area (Å²) in [6, 6.07) is 0. The topological polar surface area (TPSA) is 101 Å². The van der Waals surface area contributed by atoms with Crippen LogP contribution >= 0.6 is 0 Å². The number of hydrogen-bond donors (Lipinski definition) is 5. The van der Waals surface area contributed by atoms with Crippen molar-refractivity contribution in [3.63, 3.8) is 0 Å². The van der Waals surface area contributed by atoms with Crippen LogP contribution in [0.3, 0.4) is 0 Å². The molecular weight excluding hydrogens is 152 g/mol. The minimum atomic E-state index is -1.70.